The molecule has 4 heteroatoms. The molecule has 4 aliphatic carbocycles. The van der Waals surface area contributed by atoms with Crippen molar-refractivity contribution in [2.45, 2.75) is 137 Å². The van der Waals surface area contributed by atoms with Crippen LogP contribution in [-0.4, -0.2) is 18.1 Å². The lowest BCUT2D eigenvalue weighted by Gasteiger charge is -2.62. The van der Waals surface area contributed by atoms with Crippen molar-refractivity contribution in [2.24, 2.45) is 56.6 Å². The third-order valence-electron chi connectivity index (χ3n) is 11.7. The van der Waals surface area contributed by atoms with Crippen LogP contribution in [0.1, 0.15) is 131 Å². The number of nitrogens with one attached hydrogen (secondary N) is 1. The Hall–Kier alpha value is -0.930. The predicted molar refractivity (Wildman–Crippen MR) is 145 cm³/mol. The van der Waals surface area contributed by atoms with Gasteiger partial charge in [0, 0.05) is 13.0 Å². The van der Waals surface area contributed by atoms with Crippen molar-refractivity contribution in [3.63, 3.8) is 0 Å². The molecule has 0 aromatic heterocycles. The van der Waals surface area contributed by atoms with Gasteiger partial charge >= 0.3 is 0 Å². The maximum absolute atomic E-state index is 12.4. The maximum atomic E-state index is 12.4. The van der Waals surface area contributed by atoms with Gasteiger partial charge in [0.2, 0.25) is 5.91 Å². The van der Waals surface area contributed by atoms with E-state index in [4.69, 9.17) is 0 Å². The summed E-state index contributed by atoms with van der Waals surface area (Å²) in [6.45, 7) is 14.8. The molecule has 1 amide bonds. The van der Waals surface area contributed by atoms with Gasteiger partial charge in [0.25, 0.3) is 0 Å². The van der Waals surface area contributed by atoms with E-state index in [0.29, 0.717) is 17.3 Å². The molecular formula is C31H55N3O. The van der Waals surface area contributed by atoms with Gasteiger partial charge < -0.3 is 5.32 Å². The van der Waals surface area contributed by atoms with Crippen molar-refractivity contribution < 1.29 is 4.79 Å². The Balaban J connectivity index is 0.00000141. The van der Waals surface area contributed by atoms with Crippen molar-refractivity contribution >= 4 is 5.91 Å². The molecule has 0 saturated heterocycles. The van der Waals surface area contributed by atoms with Gasteiger partial charge in [-0.25, -0.2) is 0 Å². The zero-order chi connectivity index (χ0) is 25.3. The van der Waals surface area contributed by atoms with Crippen LogP contribution >= 0.6 is 0 Å². The molecule has 4 saturated carbocycles. The lowest BCUT2D eigenvalue weighted by molar-refractivity contribution is -0.135. The number of carbonyl (C=O) groups is 1. The first-order valence-electron chi connectivity index (χ1n) is 15.5. The number of hydrogen-bond acceptors (Lipinski definition) is 3. The van der Waals surface area contributed by atoms with Gasteiger partial charge in [-0.15, -0.1) is 0 Å². The maximum Gasteiger partial charge on any atom is 0.219 e. The summed E-state index contributed by atoms with van der Waals surface area (Å²) < 4.78 is 0. The van der Waals surface area contributed by atoms with Crippen LogP contribution in [0.4, 0.5) is 0 Å². The minimum Gasteiger partial charge on any atom is -0.356 e. The molecule has 0 radical (unpaired) electrons. The number of rotatable bonds is 8. The van der Waals surface area contributed by atoms with E-state index in [9.17, 15) is 4.79 Å². The summed E-state index contributed by atoms with van der Waals surface area (Å²) in [5, 5.41) is 11.2. The van der Waals surface area contributed by atoms with Crippen molar-refractivity contribution in [1.82, 2.24) is 5.32 Å². The van der Waals surface area contributed by atoms with E-state index in [1.807, 2.05) is 13.8 Å². The summed E-state index contributed by atoms with van der Waals surface area (Å²) in [6, 6.07) is 0. The van der Waals surface area contributed by atoms with E-state index >= 15 is 0 Å². The van der Waals surface area contributed by atoms with E-state index in [2.05, 4.69) is 43.2 Å². The number of carbonyl (C=O) groups excluding carboxylic acids is 1. The Labute approximate surface area is 216 Å². The van der Waals surface area contributed by atoms with Crippen LogP contribution in [0, 0.1) is 46.3 Å². The summed E-state index contributed by atoms with van der Waals surface area (Å²) >= 11 is 0. The van der Waals surface area contributed by atoms with Crippen LogP contribution in [0.5, 0.6) is 0 Å². The van der Waals surface area contributed by atoms with Crippen LogP contribution in [0.25, 0.3) is 0 Å². The molecule has 0 bridgehead atoms. The molecule has 4 fully saturated rings. The third kappa shape index (κ3) is 5.37. The second-order valence-corrected chi connectivity index (χ2v) is 13.5. The fourth-order valence-electron chi connectivity index (χ4n) is 9.69. The first-order chi connectivity index (χ1) is 16.8. The van der Waals surface area contributed by atoms with Gasteiger partial charge in [-0.3, -0.25) is 4.79 Å². The van der Waals surface area contributed by atoms with Crippen LogP contribution in [0.3, 0.4) is 0 Å². The van der Waals surface area contributed by atoms with E-state index in [-0.39, 0.29) is 11.6 Å². The van der Waals surface area contributed by atoms with E-state index < -0.39 is 0 Å². The average molecular weight is 486 g/mol. The summed E-state index contributed by atoms with van der Waals surface area (Å²) in [7, 11) is 0. The molecule has 0 aromatic carbocycles. The molecule has 1 N–H and O–H groups in total. The highest BCUT2D eigenvalue weighted by Gasteiger charge is 2.61. The van der Waals surface area contributed by atoms with Crippen LogP contribution < -0.4 is 5.32 Å². The monoisotopic (exact) mass is 485 g/mol. The molecule has 35 heavy (non-hydrogen) atoms. The smallest absolute Gasteiger partial charge is 0.219 e. The highest BCUT2D eigenvalue weighted by Crippen LogP contribution is 2.69. The Morgan fingerprint density at radius 2 is 1.66 bits per heavy atom. The van der Waals surface area contributed by atoms with Crippen molar-refractivity contribution in [3.05, 3.63) is 0 Å². The minimum absolute atomic E-state index is 0.136. The SMILES string of the molecule is CC.CC1CC2CCCCC2(C)C2CCC3(C)C(CCCC(=O)NCCCC4(C)N=N4)CC[C@H]3C12. The molecule has 1 aliphatic heterocycles. The number of hydrogen-bond donors (Lipinski definition) is 1. The standard InChI is InChI=1S/C29H49N3O.C2H6/c1-20-19-22-9-5-6-15-27(22,2)24-14-17-28(3)21(12-13-23(28)26(20)24)10-7-11-25(33)30-18-8-16-29(4)31-32-29;1-2/h20-24,26H,5-19H2,1-4H3,(H,30,33);1-2H3/t20?,21?,22?,23-,24?,26?,27?,28?;/m0./s1. The highest BCUT2D eigenvalue weighted by molar-refractivity contribution is 5.75. The highest BCUT2D eigenvalue weighted by atomic mass is 16.1. The lowest BCUT2D eigenvalue weighted by atomic mass is 9.43. The fourth-order valence-corrected chi connectivity index (χ4v) is 9.69. The summed E-state index contributed by atoms with van der Waals surface area (Å²) in [4.78, 5) is 12.4. The fraction of sp³-hybridized carbons (Fsp3) is 0.968. The normalized spacial score (nSPS) is 42.7. The van der Waals surface area contributed by atoms with Gasteiger partial charge in [-0.05, 0) is 124 Å². The molecule has 4 nitrogen and oxygen atoms in total. The van der Waals surface area contributed by atoms with Gasteiger partial charge in [-0.1, -0.05) is 47.5 Å². The molecule has 5 rings (SSSR count). The van der Waals surface area contributed by atoms with Crippen molar-refractivity contribution in [3.8, 4) is 0 Å². The topological polar surface area (TPSA) is 53.8 Å². The van der Waals surface area contributed by atoms with Crippen LogP contribution in [0.2, 0.25) is 0 Å². The zero-order valence-corrected chi connectivity index (χ0v) is 23.9. The molecular weight excluding hydrogens is 430 g/mol. The van der Waals surface area contributed by atoms with Gasteiger partial charge in [0.15, 0.2) is 5.66 Å². The van der Waals surface area contributed by atoms with Crippen molar-refractivity contribution in [1.29, 1.82) is 0 Å². The summed E-state index contributed by atoms with van der Waals surface area (Å²) in [5.74, 6) is 5.86. The van der Waals surface area contributed by atoms with E-state index in [1.165, 1.54) is 64.2 Å². The molecule has 5 aliphatic rings. The average Bonchev–Trinajstić information content (AvgIpc) is 3.49. The molecule has 8 atom stereocenters. The number of fused-ring (bicyclic) bond motifs is 5. The zero-order valence-electron chi connectivity index (χ0n) is 23.9. The minimum atomic E-state index is -0.136. The Morgan fingerprint density at radius 1 is 0.914 bits per heavy atom. The van der Waals surface area contributed by atoms with Gasteiger partial charge in [-0.2, -0.15) is 10.2 Å². The molecule has 0 aromatic rings. The van der Waals surface area contributed by atoms with Crippen molar-refractivity contribution in [2.75, 3.05) is 6.54 Å². The van der Waals surface area contributed by atoms with Gasteiger partial charge in [0.1, 0.15) is 0 Å². The second-order valence-electron chi connectivity index (χ2n) is 13.5. The predicted octanol–water partition coefficient (Wildman–Crippen LogP) is 8.56. The van der Waals surface area contributed by atoms with Crippen LogP contribution in [0.15, 0.2) is 10.2 Å². The van der Waals surface area contributed by atoms with E-state index in [1.54, 1.807) is 0 Å². The number of amides is 1. The summed E-state index contributed by atoms with van der Waals surface area (Å²) in [6.07, 6.45) is 18.2. The Bertz CT molecular complexity index is 758. The number of nitrogens with zero attached hydrogens (tertiary/aromatic N) is 2. The third-order valence-corrected chi connectivity index (χ3v) is 11.7. The molecule has 0 spiro atoms. The molecule has 200 valence electrons. The van der Waals surface area contributed by atoms with Gasteiger partial charge in [0.05, 0.1) is 0 Å². The lowest BCUT2D eigenvalue weighted by Crippen LogP contribution is -2.55. The first-order valence-corrected chi connectivity index (χ1v) is 15.5. The van der Waals surface area contributed by atoms with E-state index in [0.717, 1.165) is 61.3 Å². The molecule has 1 heterocycles. The Morgan fingerprint density at radius 3 is 2.40 bits per heavy atom. The largest absolute Gasteiger partial charge is 0.356 e. The quantitative estimate of drug-likeness (QED) is 0.344. The Kier molecular flexibility index (Phi) is 8.38. The molecule has 7 unspecified atom stereocenters. The van der Waals surface area contributed by atoms with Crippen LogP contribution in [-0.2, 0) is 4.79 Å². The second kappa shape index (κ2) is 10.8. The first kappa shape index (κ1) is 27.1. The summed E-state index contributed by atoms with van der Waals surface area (Å²) in [5.41, 5.74) is 1.02.